The lowest BCUT2D eigenvalue weighted by molar-refractivity contribution is -0.384. The largest absolute Gasteiger partial charge is 0.487 e. The van der Waals surface area contributed by atoms with Gasteiger partial charge in [0, 0.05) is 28.9 Å². The average Bonchev–Trinajstić information content (AvgIpc) is 2.54. The second-order valence-electron chi connectivity index (χ2n) is 4.70. The van der Waals surface area contributed by atoms with Crippen LogP contribution in [0.5, 0.6) is 5.75 Å². The number of benzene rings is 1. The van der Waals surface area contributed by atoms with E-state index in [1.165, 1.54) is 34.7 Å². The lowest BCUT2D eigenvalue weighted by atomic mass is 10.3. The molecule has 0 bridgehead atoms. The maximum Gasteiger partial charge on any atom is 0.269 e. The van der Waals surface area contributed by atoms with E-state index in [2.05, 4.69) is 20.9 Å². The first-order valence-electron chi connectivity index (χ1n) is 6.58. The first-order chi connectivity index (χ1) is 11.0. The molecular weight excluding hydrogens is 366 g/mol. The van der Waals surface area contributed by atoms with Gasteiger partial charge in [0.1, 0.15) is 18.0 Å². The van der Waals surface area contributed by atoms with Crippen LogP contribution in [-0.2, 0) is 6.61 Å². The van der Waals surface area contributed by atoms with Crippen LogP contribution in [0.3, 0.4) is 0 Å². The van der Waals surface area contributed by atoms with E-state index in [0.717, 1.165) is 4.47 Å². The maximum absolute atomic E-state index is 12.1. The Kier molecular flexibility index (Phi) is 4.07. The lowest BCUT2D eigenvalue weighted by Crippen LogP contribution is -2.16. The zero-order valence-corrected chi connectivity index (χ0v) is 13.3. The van der Waals surface area contributed by atoms with Gasteiger partial charge in [-0.05, 0) is 40.2 Å². The monoisotopic (exact) mass is 375 g/mol. The molecule has 2 heterocycles. The molecule has 0 aliphatic rings. The van der Waals surface area contributed by atoms with Gasteiger partial charge in [0.15, 0.2) is 0 Å². The highest BCUT2D eigenvalue weighted by Gasteiger charge is 2.06. The summed E-state index contributed by atoms with van der Waals surface area (Å²) < 4.78 is 7.72. The Morgan fingerprint density at radius 1 is 1.22 bits per heavy atom. The molecule has 0 spiro atoms. The van der Waals surface area contributed by atoms with E-state index in [9.17, 15) is 14.9 Å². The summed E-state index contributed by atoms with van der Waals surface area (Å²) in [6.07, 6.45) is 1.64. The predicted molar refractivity (Wildman–Crippen MR) is 86.6 cm³/mol. The van der Waals surface area contributed by atoms with Crippen molar-refractivity contribution in [3.05, 3.63) is 79.3 Å². The van der Waals surface area contributed by atoms with Crippen LogP contribution in [0.1, 0.15) is 5.69 Å². The van der Waals surface area contributed by atoms with Crippen LogP contribution in [-0.4, -0.2) is 14.3 Å². The fourth-order valence-electron chi connectivity index (χ4n) is 2.02. The van der Waals surface area contributed by atoms with Gasteiger partial charge in [-0.2, -0.15) is 0 Å². The van der Waals surface area contributed by atoms with Crippen molar-refractivity contribution in [2.75, 3.05) is 0 Å². The average molecular weight is 376 g/mol. The summed E-state index contributed by atoms with van der Waals surface area (Å²) in [6, 6.07) is 10.6. The summed E-state index contributed by atoms with van der Waals surface area (Å²) in [5, 5.41) is 10.6. The minimum Gasteiger partial charge on any atom is -0.487 e. The van der Waals surface area contributed by atoms with E-state index in [4.69, 9.17) is 4.74 Å². The van der Waals surface area contributed by atoms with Crippen molar-refractivity contribution in [3.63, 3.8) is 0 Å². The molecule has 8 heteroatoms. The Bertz CT molecular complexity index is 938. The second-order valence-corrected chi connectivity index (χ2v) is 5.62. The molecule has 0 saturated heterocycles. The zero-order valence-electron chi connectivity index (χ0n) is 11.7. The molecule has 3 rings (SSSR count). The number of non-ortho nitro benzene ring substituents is 1. The summed E-state index contributed by atoms with van der Waals surface area (Å²) in [7, 11) is 0. The van der Waals surface area contributed by atoms with E-state index in [-0.39, 0.29) is 17.9 Å². The van der Waals surface area contributed by atoms with Gasteiger partial charge in [0.2, 0.25) is 0 Å². The number of halogens is 1. The Labute approximate surface area is 138 Å². The standard InChI is InChI=1S/C15H10BrN3O4/c16-10-1-6-14-17-11(7-15(20)18(14)8-10)9-23-13-4-2-12(3-5-13)19(21)22/h1-8H,9H2. The predicted octanol–water partition coefficient (Wildman–Crippen LogP) is 2.94. The van der Waals surface area contributed by atoms with Gasteiger partial charge >= 0.3 is 0 Å². The van der Waals surface area contributed by atoms with Crippen molar-refractivity contribution in [1.82, 2.24) is 9.38 Å². The third kappa shape index (κ3) is 3.37. The summed E-state index contributed by atoms with van der Waals surface area (Å²) in [5.41, 5.74) is 0.780. The second kappa shape index (κ2) is 6.17. The molecule has 0 aliphatic heterocycles. The highest BCUT2D eigenvalue weighted by molar-refractivity contribution is 9.10. The van der Waals surface area contributed by atoms with Gasteiger partial charge < -0.3 is 4.74 Å². The molecule has 0 aliphatic carbocycles. The van der Waals surface area contributed by atoms with Crippen LogP contribution in [0.2, 0.25) is 0 Å². The van der Waals surface area contributed by atoms with Crippen LogP contribution in [0.15, 0.2) is 57.9 Å². The van der Waals surface area contributed by atoms with Crippen molar-refractivity contribution in [2.24, 2.45) is 0 Å². The molecule has 0 atom stereocenters. The quantitative estimate of drug-likeness (QED) is 0.516. The number of fused-ring (bicyclic) bond motifs is 1. The van der Waals surface area contributed by atoms with Gasteiger partial charge in [0.25, 0.3) is 11.2 Å². The fraction of sp³-hybridized carbons (Fsp3) is 0.0667. The Hall–Kier alpha value is -2.74. The zero-order chi connectivity index (χ0) is 16.4. The van der Waals surface area contributed by atoms with Crippen LogP contribution in [0.25, 0.3) is 5.65 Å². The van der Waals surface area contributed by atoms with Crippen molar-refractivity contribution in [2.45, 2.75) is 6.61 Å². The Morgan fingerprint density at radius 3 is 2.65 bits per heavy atom. The molecule has 2 aromatic heterocycles. The normalized spacial score (nSPS) is 10.7. The number of aromatic nitrogens is 2. The summed E-state index contributed by atoms with van der Waals surface area (Å²) in [4.78, 5) is 26.5. The van der Waals surface area contributed by atoms with Crippen molar-refractivity contribution in [3.8, 4) is 5.75 Å². The number of rotatable bonds is 4. The summed E-state index contributed by atoms with van der Waals surface area (Å²) in [6.45, 7) is 0.0968. The minimum atomic E-state index is -0.478. The Morgan fingerprint density at radius 2 is 1.96 bits per heavy atom. The van der Waals surface area contributed by atoms with Crippen LogP contribution < -0.4 is 10.3 Å². The fourth-order valence-corrected chi connectivity index (χ4v) is 2.36. The number of nitro benzene ring substituents is 1. The molecular formula is C15H10BrN3O4. The number of hydrogen-bond donors (Lipinski definition) is 0. The third-order valence-corrected chi connectivity index (χ3v) is 3.58. The molecule has 3 aromatic rings. The molecule has 0 radical (unpaired) electrons. The number of ether oxygens (including phenoxy) is 1. The lowest BCUT2D eigenvalue weighted by Gasteiger charge is -2.07. The van der Waals surface area contributed by atoms with E-state index < -0.39 is 4.92 Å². The van der Waals surface area contributed by atoms with E-state index >= 15 is 0 Å². The minimum absolute atomic E-state index is 0.00926. The van der Waals surface area contributed by atoms with Gasteiger partial charge in [0.05, 0.1) is 10.6 Å². The van der Waals surface area contributed by atoms with Crippen molar-refractivity contribution < 1.29 is 9.66 Å². The molecule has 0 fully saturated rings. The number of hydrogen-bond acceptors (Lipinski definition) is 5. The highest BCUT2D eigenvalue weighted by Crippen LogP contribution is 2.18. The van der Waals surface area contributed by atoms with Gasteiger partial charge in [-0.3, -0.25) is 19.3 Å². The van der Waals surface area contributed by atoms with E-state index in [0.29, 0.717) is 17.1 Å². The van der Waals surface area contributed by atoms with Gasteiger partial charge in [-0.25, -0.2) is 4.98 Å². The third-order valence-electron chi connectivity index (χ3n) is 3.11. The summed E-state index contributed by atoms with van der Waals surface area (Å²) in [5.74, 6) is 0.466. The van der Waals surface area contributed by atoms with E-state index in [1.807, 2.05) is 0 Å². The topological polar surface area (TPSA) is 86.7 Å². The number of nitrogens with zero attached hydrogens (tertiary/aromatic N) is 3. The summed E-state index contributed by atoms with van der Waals surface area (Å²) >= 11 is 3.30. The van der Waals surface area contributed by atoms with Crippen LogP contribution in [0.4, 0.5) is 5.69 Å². The number of pyridine rings is 1. The van der Waals surface area contributed by atoms with E-state index in [1.54, 1.807) is 18.3 Å². The maximum atomic E-state index is 12.1. The van der Waals surface area contributed by atoms with Crippen LogP contribution in [0, 0.1) is 10.1 Å². The smallest absolute Gasteiger partial charge is 0.269 e. The molecule has 116 valence electrons. The van der Waals surface area contributed by atoms with Crippen LogP contribution >= 0.6 is 15.9 Å². The molecule has 0 unspecified atom stereocenters. The molecule has 23 heavy (non-hydrogen) atoms. The number of nitro groups is 1. The Balaban J connectivity index is 1.80. The molecule has 0 N–H and O–H groups in total. The molecule has 7 nitrogen and oxygen atoms in total. The van der Waals surface area contributed by atoms with Crippen molar-refractivity contribution in [1.29, 1.82) is 0 Å². The first-order valence-corrected chi connectivity index (χ1v) is 7.37. The van der Waals surface area contributed by atoms with Gasteiger partial charge in [-0.1, -0.05) is 0 Å². The molecule has 1 aromatic carbocycles. The first kappa shape index (κ1) is 15.2. The SMILES string of the molecule is O=c1cc(COc2ccc([N+](=O)[O-])cc2)nc2ccc(Br)cn12. The highest BCUT2D eigenvalue weighted by atomic mass is 79.9. The molecule has 0 saturated carbocycles. The molecule has 0 amide bonds. The van der Waals surface area contributed by atoms with Gasteiger partial charge in [-0.15, -0.1) is 0 Å². The van der Waals surface area contributed by atoms with Crippen molar-refractivity contribution >= 4 is 27.3 Å².